The molecule has 0 heterocycles. The predicted molar refractivity (Wildman–Crippen MR) is 88.1 cm³/mol. The summed E-state index contributed by atoms with van der Waals surface area (Å²) in [6.07, 6.45) is 9.98. The lowest BCUT2D eigenvalue weighted by atomic mass is 10.1. The van der Waals surface area contributed by atoms with Crippen molar-refractivity contribution in [1.29, 1.82) is 0 Å². The van der Waals surface area contributed by atoms with Gasteiger partial charge < -0.3 is 4.74 Å². The highest BCUT2D eigenvalue weighted by Gasteiger charge is 2.26. The quantitative estimate of drug-likeness (QED) is 0.236. The van der Waals surface area contributed by atoms with E-state index in [4.69, 9.17) is 9.29 Å². The first-order chi connectivity index (χ1) is 10.3. The predicted octanol–water partition coefficient (Wildman–Crippen LogP) is 4.24. The fourth-order valence-corrected chi connectivity index (χ4v) is 2.78. The second-order valence-electron chi connectivity index (χ2n) is 5.75. The normalized spacial score (nSPS) is 12.9. The number of hydrogen-bond donors (Lipinski definition) is 1. The summed E-state index contributed by atoms with van der Waals surface area (Å²) in [6, 6.07) is 0. The molecule has 1 unspecified atom stereocenters. The van der Waals surface area contributed by atoms with E-state index in [1.807, 2.05) is 0 Å². The fourth-order valence-electron chi connectivity index (χ4n) is 2.11. The van der Waals surface area contributed by atoms with Gasteiger partial charge in [0, 0.05) is 12.0 Å². The van der Waals surface area contributed by atoms with Crippen LogP contribution in [0, 0.1) is 0 Å². The molecule has 0 bridgehead atoms. The molecule has 6 heteroatoms. The van der Waals surface area contributed by atoms with Crippen LogP contribution in [0.1, 0.15) is 78.1 Å². The molecule has 0 amide bonds. The molecule has 0 radical (unpaired) electrons. The molecule has 0 aliphatic heterocycles. The fraction of sp³-hybridized carbons (Fsp3) is 0.812. The van der Waals surface area contributed by atoms with Gasteiger partial charge in [0.1, 0.15) is 0 Å². The van der Waals surface area contributed by atoms with E-state index >= 15 is 0 Å². The molecule has 5 nitrogen and oxygen atoms in total. The van der Waals surface area contributed by atoms with Gasteiger partial charge in [-0.2, -0.15) is 8.42 Å². The summed E-state index contributed by atoms with van der Waals surface area (Å²) in [5.41, 5.74) is -1.37. The second kappa shape index (κ2) is 11.7. The minimum Gasteiger partial charge on any atom is -0.440 e. The lowest BCUT2D eigenvalue weighted by molar-refractivity contribution is -0.141. The lowest BCUT2D eigenvalue weighted by Crippen LogP contribution is -2.27. The van der Waals surface area contributed by atoms with Crippen LogP contribution < -0.4 is 0 Å². The summed E-state index contributed by atoms with van der Waals surface area (Å²) < 4.78 is 36.3. The number of carbonyl (C=O) groups is 1. The van der Waals surface area contributed by atoms with Crippen LogP contribution in [0.25, 0.3) is 0 Å². The number of hydrogen-bond acceptors (Lipinski definition) is 4. The van der Waals surface area contributed by atoms with E-state index in [1.165, 1.54) is 39.0 Å². The molecule has 0 aliphatic rings. The van der Waals surface area contributed by atoms with Gasteiger partial charge in [0.05, 0.1) is 0 Å². The highest BCUT2D eigenvalue weighted by Crippen LogP contribution is 2.16. The first-order valence-corrected chi connectivity index (χ1v) is 9.62. The molecule has 22 heavy (non-hydrogen) atoms. The van der Waals surface area contributed by atoms with Gasteiger partial charge in [-0.15, -0.1) is 0 Å². The van der Waals surface area contributed by atoms with Gasteiger partial charge in [0.2, 0.25) is 5.44 Å². The lowest BCUT2D eigenvalue weighted by Gasteiger charge is -2.14. The van der Waals surface area contributed by atoms with Crippen molar-refractivity contribution < 1.29 is 22.5 Å². The molecule has 130 valence electrons. The first-order valence-electron chi connectivity index (χ1n) is 8.11. The van der Waals surface area contributed by atoms with Crippen LogP contribution in [-0.2, 0) is 19.6 Å². The van der Waals surface area contributed by atoms with Crippen molar-refractivity contribution >= 4 is 16.1 Å². The monoisotopic (exact) mass is 334 g/mol. The van der Waals surface area contributed by atoms with Crippen molar-refractivity contribution in [3.8, 4) is 0 Å². The molecule has 0 spiro atoms. The third-order valence-electron chi connectivity index (χ3n) is 3.46. The standard InChI is InChI=1S/C16H30O5S/c1-4-5-6-7-8-9-10-11-12-13-15(22(18,19)20)21-16(17)14(2)3/h15H,2,4-13H2,1,3H3,(H,18,19,20). The molecule has 0 aromatic heterocycles. The summed E-state index contributed by atoms with van der Waals surface area (Å²) in [5.74, 6) is -0.793. The summed E-state index contributed by atoms with van der Waals surface area (Å²) in [7, 11) is -4.39. The van der Waals surface area contributed by atoms with Gasteiger partial charge in [-0.05, 0) is 13.3 Å². The van der Waals surface area contributed by atoms with Crippen molar-refractivity contribution in [2.75, 3.05) is 0 Å². The van der Waals surface area contributed by atoms with Crippen molar-refractivity contribution in [2.45, 2.75) is 83.5 Å². The Morgan fingerprint density at radius 2 is 1.50 bits per heavy atom. The number of rotatable bonds is 13. The van der Waals surface area contributed by atoms with E-state index in [1.54, 1.807) is 0 Å². The number of unbranched alkanes of at least 4 members (excludes halogenated alkanes) is 8. The number of ether oxygens (including phenoxy) is 1. The average molecular weight is 334 g/mol. The SMILES string of the molecule is C=C(C)C(=O)OC(CCCCCCCCCCC)S(=O)(=O)O. The van der Waals surface area contributed by atoms with Crippen molar-refractivity contribution in [1.82, 2.24) is 0 Å². The van der Waals surface area contributed by atoms with Crippen molar-refractivity contribution in [2.24, 2.45) is 0 Å². The third-order valence-corrected chi connectivity index (χ3v) is 4.46. The zero-order valence-electron chi connectivity index (χ0n) is 13.8. The van der Waals surface area contributed by atoms with Gasteiger partial charge >= 0.3 is 16.1 Å². The zero-order valence-corrected chi connectivity index (χ0v) is 14.7. The van der Waals surface area contributed by atoms with Crippen LogP contribution in [0.5, 0.6) is 0 Å². The van der Waals surface area contributed by atoms with Crippen molar-refractivity contribution in [3.05, 3.63) is 12.2 Å². The Morgan fingerprint density at radius 1 is 1.05 bits per heavy atom. The Kier molecular flexibility index (Phi) is 11.2. The highest BCUT2D eigenvalue weighted by molar-refractivity contribution is 7.86. The van der Waals surface area contributed by atoms with Gasteiger partial charge in [0.15, 0.2) is 0 Å². The molecule has 0 fully saturated rings. The van der Waals surface area contributed by atoms with Crippen molar-refractivity contribution in [3.63, 3.8) is 0 Å². The molecule has 1 atom stereocenters. The van der Waals surface area contributed by atoms with Crippen LogP contribution in [-0.4, -0.2) is 24.4 Å². The van der Waals surface area contributed by atoms with Gasteiger partial charge in [-0.25, -0.2) is 4.79 Å². The summed E-state index contributed by atoms with van der Waals surface area (Å²) in [5, 5.41) is 0. The molecule has 0 saturated carbocycles. The van der Waals surface area contributed by atoms with Gasteiger partial charge in [-0.3, -0.25) is 4.55 Å². The van der Waals surface area contributed by atoms with Crippen LogP contribution in [0.4, 0.5) is 0 Å². The molecule has 0 aliphatic carbocycles. The molecule has 0 rings (SSSR count). The van der Waals surface area contributed by atoms with E-state index in [0.29, 0.717) is 6.42 Å². The Labute approximate surface area is 134 Å². The first kappa shape index (κ1) is 21.1. The Hall–Kier alpha value is -0.880. The smallest absolute Gasteiger partial charge is 0.334 e. The molecular formula is C16H30O5S. The number of carbonyl (C=O) groups excluding carboxylic acids is 1. The molecule has 1 N–H and O–H groups in total. The number of esters is 1. The van der Waals surface area contributed by atoms with E-state index < -0.39 is 21.5 Å². The van der Waals surface area contributed by atoms with E-state index in [2.05, 4.69) is 13.5 Å². The second-order valence-corrected chi connectivity index (χ2v) is 7.30. The Balaban J connectivity index is 3.91. The molecule has 0 aromatic rings. The molecular weight excluding hydrogens is 304 g/mol. The van der Waals surface area contributed by atoms with Gasteiger partial charge in [-0.1, -0.05) is 64.9 Å². The Bertz CT molecular complexity index is 428. The third kappa shape index (κ3) is 10.8. The zero-order chi connectivity index (χ0) is 17.0. The topological polar surface area (TPSA) is 80.7 Å². The van der Waals surface area contributed by atoms with Crippen LogP contribution >= 0.6 is 0 Å². The maximum Gasteiger partial charge on any atom is 0.334 e. The minimum absolute atomic E-state index is 0.112. The maximum absolute atomic E-state index is 11.4. The largest absolute Gasteiger partial charge is 0.440 e. The van der Waals surface area contributed by atoms with Crippen LogP contribution in [0.15, 0.2) is 12.2 Å². The maximum atomic E-state index is 11.4. The van der Waals surface area contributed by atoms with Crippen LogP contribution in [0.2, 0.25) is 0 Å². The molecule has 0 saturated heterocycles. The van der Waals surface area contributed by atoms with E-state index in [0.717, 1.165) is 19.3 Å². The molecule has 0 aromatic carbocycles. The summed E-state index contributed by atoms with van der Waals surface area (Å²) >= 11 is 0. The van der Waals surface area contributed by atoms with E-state index in [-0.39, 0.29) is 12.0 Å². The van der Waals surface area contributed by atoms with Crippen LogP contribution in [0.3, 0.4) is 0 Å². The summed E-state index contributed by atoms with van der Waals surface area (Å²) in [6.45, 7) is 7.01. The van der Waals surface area contributed by atoms with E-state index in [9.17, 15) is 13.2 Å². The highest BCUT2D eigenvalue weighted by atomic mass is 32.2. The van der Waals surface area contributed by atoms with Gasteiger partial charge in [0.25, 0.3) is 0 Å². The Morgan fingerprint density at radius 3 is 1.91 bits per heavy atom. The minimum atomic E-state index is -4.39. The average Bonchev–Trinajstić information content (AvgIpc) is 2.42. The summed E-state index contributed by atoms with van der Waals surface area (Å²) in [4.78, 5) is 11.4.